The minimum atomic E-state index is -1.42. The van der Waals surface area contributed by atoms with Crippen molar-refractivity contribution in [3.8, 4) is 11.5 Å². The Balaban J connectivity index is 0.865. The number of aromatic nitrogens is 1. The Morgan fingerprint density at radius 1 is 0.586 bits per heavy atom. The number of ether oxygens (including phenoxy) is 4. The molecular formula is C57H57N5O8. The fourth-order valence-electron chi connectivity index (χ4n) is 7.76. The van der Waals surface area contributed by atoms with Crippen LogP contribution in [-0.4, -0.2) is 95.2 Å². The number of nitrogens with one attached hydrogen (secondary N) is 2. The van der Waals surface area contributed by atoms with Gasteiger partial charge in [0.25, 0.3) is 0 Å². The normalized spacial score (nSPS) is 12.1. The molecule has 0 bridgehead atoms. The third-order valence-electron chi connectivity index (χ3n) is 11.8. The van der Waals surface area contributed by atoms with Crippen LogP contribution in [-0.2, 0) is 31.9 Å². The lowest BCUT2D eigenvalue weighted by Gasteiger charge is -2.30. The first-order chi connectivity index (χ1) is 34.1. The van der Waals surface area contributed by atoms with Gasteiger partial charge in [0.15, 0.2) is 23.6 Å². The van der Waals surface area contributed by atoms with Crippen LogP contribution in [0.4, 0.5) is 23.0 Å². The van der Waals surface area contributed by atoms with Crippen molar-refractivity contribution >= 4 is 46.8 Å². The van der Waals surface area contributed by atoms with Crippen molar-refractivity contribution < 1.29 is 38.1 Å². The first kappa shape index (κ1) is 49.6. The number of hydrogen-bond acceptors (Lipinski definition) is 13. The Morgan fingerprint density at radius 2 is 1.06 bits per heavy atom. The van der Waals surface area contributed by atoms with Crippen LogP contribution in [0.25, 0.3) is 0 Å². The molecule has 1 heterocycles. The minimum Gasteiger partial charge on any atom is -0.492 e. The highest BCUT2D eigenvalue weighted by molar-refractivity contribution is 6.13. The largest absolute Gasteiger partial charge is 0.492 e. The van der Waals surface area contributed by atoms with Crippen molar-refractivity contribution in [3.05, 3.63) is 209 Å². The Bertz CT molecular complexity index is 2830. The number of hydrogen-bond donors (Lipinski definition) is 2. The van der Waals surface area contributed by atoms with Crippen LogP contribution in [0.1, 0.15) is 43.0 Å². The first-order valence-corrected chi connectivity index (χ1v) is 22.9. The van der Waals surface area contributed by atoms with E-state index < -0.39 is 17.7 Å². The van der Waals surface area contributed by atoms with Gasteiger partial charge >= 0.3 is 5.97 Å². The van der Waals surface area contributed by atoms with Gasteiger partial charge in [-0.1, -0.05) is 115 Å². The van der Waals surface area contributed by atoms with Gasteiger partial charge in [-0.2, -0.15) is 0 Å². The maximum Gasteiger partial charge on any atom is 0.328 e. The summed E-state index contributed by atoms with van der Waals surface area (Å²) in [6, 6.07) is 52.5. The number of esters is 1. The van der Waals surface area contributed by atoms with Crippen LogP contribution in [0.5, 0.6) is 11.5 Å². The van der Waals surface area contributed by atoms with Crippen molar-refractivity contribution in [2.45, 2.75) is 24.6 Å². The molecule has 0 aliphatic heterocycles. The van der Waals surface area contributed by atoms with E-state index in [0.717, 1.165) is 29.0 Å². The van der Waals surface area contributed by atoms with Crippen LogP contribution in [0, 0.1) is 0 Å². The third kappa shape index (κ3) is 13.0. The highest BCUT2D eigenvalue weighted by Crippen LogP contribution is 2.27. The predicted octanol–water partition coefficient (Wildman–Crippen LogP) is 8.97. The van der Waals surface area contributed by atoms with Crippen molar-refractivity contribution in [3.63, 3.8) is 0 Å². The van der Waals surface area contributed by atoms with E-state index in [-0.39, 0.29) is 18.0 Å². The summed E-state index contributed by atoms with van der Waals surface area (Å²) in [5.74, 6) is 2.19. The van der Waals surface area contributed by atoms with E-state index >= 15 is 0 Å². The van der Waals surface area contributed by atoms with E-state index in [1.807, 2.05) is 133 Å². The summed E-state index contributed by atoms with van der Waals surface area (Å²) >= 11 is 0. The summed E-state index contributed by atoms with van der Waals surface area (Å²) in [7, 11) is 6.73. The molecule has 0 fully saturated rings. The molecule has 0 amide bonds. The monoisotopic (exact) mass is 939 g/mol. The average molecular weight is 940 g/mol. The van der Waals surface area contributed by atoms with Gasteiger partial charge in [0.05, 0.1) is 20.2 Å². The zero-order chi connectivity index (χ0) is 49.3. The lowest BCUT2D eigenvalue weighted by atomic mass is 9.99. The van der Waals surface area contributed by atoms with Crippen molar-refractivity contribution in [2.75, 3.05) is 75.1 Å². The maximum absolute atomic E-state index is 13.4. The predicted molar refractivity (Wildman–Crippen MR) is 274 cm³/mol. The van der Waals surface area contributed by atoms with Crippen LogP contribution >= 0.6 is 0 Å². The molecule has 1 aromatic heterocycles. The van der Waals surface area contributed by atoms with E-state index in [9.17, 15) is 19.2 Å². The molecule has 13 heteroatoms. The fraction of sp³-hybridized carbons (Fsp3) is 0.211. The Hall–Kier alpha value is -8.29. The number of rotatable bonds is 25. The Morgan fingerprint density at radius 3 is 1.56 bits per heavy atom. The number of methoxy groups -OCH3 is 2. The molecule has 70 heavy (non-hydrogen) atoms. The van der Waals surface area contributed by atoms with Crippen LogP contribution in [0.2, 0.25) is 0 Å². The van der Waals surface area contributed by atoms with Gasteiger partial charge < -0.3 is 39.4 Å². The van der Waals surface area contributed by atoms with Gasteiger partial charge in [0, 0.05) is 67.7 Å². The number of carbonyl (C=O) groups excluding carboxylic acids is 4. The average Bonchev–Trinajstić information content (AvgIpc) is 3.41. The van der Waals surface area contributed by atoms with E-state index in [1.54, 1.807) is 66.7 Å². The molecule has 7 aromatic rings. The van der Waals surface area contributed by atoms with E-state index in [2.05, 4.69) is 10.6 Å². The molecule has 0 aliphatic carbocycles. The summed E-state index contributed by atoms with van der Waals surface area (Å²) in [6.45, 7) is 1.95. The van der Waals surface area contributed by atoms with Crippen LogP contribution < -0.4 is 29.9 Å². The van der Waals surface area contributed by atoms with Crippen LogP contribution in [0.15, 0.2) is 176 Å². The summed E-state index contributed by atoms with van der Waals surface area (Å²) in [5.41, 5.74) is 3.35. The molecule has 0 aliphatic rings. The molecule has 2 atom stereocenters. The molecule has 0 saturated carbocycles. The zero-order valence-corrected chi connectivity index (χ0v) is 39.7. The molecule has 0 saturated heterocycles. The number of aldehydes is 1. The second kappa shape index (κ2) is 24.1. The highest BCUT2D eigenvalue weighted by Gasteiger charge is 2.31. The third-order valence-corrected chi connectivity index (χ3v) is 11.8. The highest BCUT2D eigenvalue weighted by atomic mass is 16.5. The molecule has 2 N–H and O–H groups in total. The SMILES string of the molecule is COC(=O)[C@H](Cc1ccc(OCCN(C)c2cccc(N(C)CCOc3ccc(CC(C=O)(Nc4ccccc4C(=O)c4ccccc4)OC)cc3)n2)cc1)Nc1ccccc1C(=O)c1ccccc1. The topological polar surface area (TPSA) is 149 Å². The van der Waals surface area contributed by atoms with Crippen molar-refractivity contribution in [1.82, 2.24) is 4.98 Å². The number of carbonyl (C=O) groups is 4. The second-order valence-electron chi connectivity index (χ2n) is 16.6. The summed E-state index contributed by atoms with van der Waals surface area (Å²) in [4.78, 5) is 61.1. The number of anilines is 4. The standard InChI is InChI=1S/C57H57N5O8/c1-61(34-36-69-45-30-26-41(27-31-45)38-51(56(66)67-3)58-49-22-13-11-20-47(49)54(64)43-16-7-5-8-17-43)52-24-15-25-53(59-52)62(2)35-37-70-46-32-28-42(29-33-46)39-57(40-63,68-4)60-50-23-14-12-21-48(50)55(65)44-18-9-6-10-19-44/h5-33,40,51,58,60H,34-39H2,1-4H3/t51-,57?/m0/s1. The van der Waals surface area contributed by atoms with Crippen molar-refractivity contribution in [2.24, 2.45) is 0 Å². The Labute approximate surface area is 409 Å². The number of likely N-dealkylation sites (N-methyl/N-ethyl adjacent to an activating group) is 2. The number of pyridine rings is 1. The van der Waals surface area contributed by atoms with Crippen LogP contribution in [0.3, 0.4) is 0 Å². The minimum absolute atomic E-state index is 0.142. The summed E-state index contributed by atoms with van der Waals surface area (Å²) < 4.78 is 23.1. The number of nitrogens with zero attached hydrogens (tertiary/aromatic N) is 3. The molecule has 0 spiro atoms. The van der Waals surface area contributed by atoms with Gasteiger partial charge in [-0.25, -0.2) is 9.78 Å². The van der Waals surface area contributed by atoms with E-state index in [0.29, 0.717) is 77.9 Å². The second-order valence-corrected chi connectivity index (χ2v) is 16.6. The maximum atomic E-state index is 13.4. The fourth-order valence-corrected chi connectivity index (χ4v) is 7.76. The van der Waals surface area contributed by atoms with Gasteiger partial charge in [0.1, 0.15) is 42.4 Å². The first-order valence-electron chi connectivity index (χ1n) is 22.9. The van der Waals surface area contributed by atoms with Gasteiger partial charge in [-0.15, -0.1) is 0 Å². The Kier molecular flexibility index (Phi) is 17.1. The lowest BCUT2D eigenvalue weighted by molar-refractivity contribution is -0.141. The molecule has 0 radical (unpaired) electrons. The number of benzene rings is 6. The smallest absolute Gasteiger partial charge is 0.328 e. The lowest BCUT2D eigenvalue weighted by Crippen LogP contribution is -2.44. The zero-order valence-electron chi connectivity index (χ0n) is 39.7. The molecule has 358 valence electrons. The molecule has 1 unspecified atom stereocenters. The number of ketones is 2. The molecule has 6 aromatic carbocycles. The molecule has 7 rings (SSSR count). The van der Waals surface area contributed by atoms with E-state index in [4.69, 9.17) is 23.9 Å². The van der Waals surface area contributed by atoms with Crippen molar-refractivity contribution in [1.29, 1.82) is 0 Å². The van der Waals surface area contributed by atoms with E-state index in [1.165, 1.54) is 14.2 Å². The summed E-state index contributed by atoms with van der Waals surface area (Å²) in [5, 5.41) is 6.46. The van der Waals surface area contributed by atoms with Gasteiger partial charge in [-0.05, 0) is 71.8 Å². The quantitative estimate of drug-likeness (QED) is 0.0243. The number of para-hydroxylation sites is 2. The molecule has 13 nitrogen and oxygen atoms in total. The molecular weight excluding hydrogens is 883 g/mol. The summed E-state index contributed by atoms with van der Waals surface area (Å²) in [6.07, 6.45) is 1.26. The van der Waals surface area contributed by atoms with Gasteiger partial charge in [0.2, 0.25) is 0 Å². The van der Waals surface area contributed by atoms with Gasteiger partial charge in [-0.3, -0.25) is 14.4 Å².